The van der Waals surface area contributed by atoms with Gasteiger partial charge in [0, 0.05) is 31.6 Å². The minimum Gasteiger partial charge on any atom is -0.512 e. The maximum atomic E-state index is 12.8. The summed E-state index contributed by atoms with van der Waals surface area (Å²) in [5.41, 5.74) is 0.960. The number of nitrogens with zero attached hydrogens (tertiary/aromatic N) is 3. The van der Waals surface area contributed by atoms with Gasteiger partial charge in [0.1, 0.15) is 5.82 Å². The number of carbonyl (C=O) groups is 1. The Labute approximate surface area is 152 Å². The van der Waals surface area contributed by atoms with Crippen LogP contribution in [0.5, 0.6) is 0 Å². The van der Waals surface area contributed by atoms with Crippen LogP contribution in [0.2, 0.25) is 0 Å². The molecule has 3 rings (SSSR count). The number of pyridine rings is 1. The van der Waals surface area contributed by atoms with Crippen LogP contribution < -0.4 is 0 Å². The first-order valence-electron chi connectivity index (χ1n) is 6.90. The number of aliphatic hydroxyl groups excluding tert-OH is 1. The Morgan fingerprint density at radius 1 is 1.17 bits per heavy atom. The molecule has 0 saturated carbocycles. The van der Waals surface area contributed by atoms with Gasteiger partial charge in [0.25, 0.3) is 0 Å². The predicted molar refractivity (Wildman–Crippen MR) is 85.9 cm³/mol. The summed E-state index contributed by atoms with van der Waals surface area (Å²) in [5, 5.41) is 13.6. The summed E-state index contributed by atoms with van der Waals surface area (Å²) in [7, 11) is 0. The number of allylic oxidation sites excluding steroid dienone is 2. The van der Waals surface area contributed by atoms with E-state index < -0.39 is 0 Å². The van der Waals surface area contributed by atoms with E-state index in [9.17, 15) is 9.18 Å². The summed E-state index contributed by atoms with van der Waals surface area (Å²) >= 11 is 0. The second-order valence-electron chi connectivity index (χ2n) is 4.85. The van der Waals surface area contributed by atoms with Crippen LogP contribution in [0.15, 0.2) is 60.6 Å². The Morgan fingerprint density at radius 3 is 2.42 bits per heavy atom. The smallest absolute Gasteiger partial charge is 0.155 e. The van der Waals surface area contributed by atoms with Crippen molar-refractivity contribution >= 4 is 16.7 Å². The van der Waals surface area contributed by atoms with Gasteiger partial charge >= 0.3 is 0 Å². The van der Waals surface area contributed by atoms with Crippen molar-refractivity contribution in [2.75, 3.05) is 0 Å². The van der Waals surface area contributed by atoms with Gasteiger partial charge < -0.3 is 5.11 Å². The number of carbonyl (C=O) groups excluding carboxylic acids is 1. The van der Waals surface area contributed by atoms with Gasteiger partial charge in [0.2, 0.25) is 0 Å². The van der Waals surface area contributed by atoms with Crippen LogP contribution >= 0.6 is 0 Å². The molecule has 0 unspecified atom stereocenters. The van der Waals surface area contributed by atoms with Crippen molar-refractivity contribution in [3.8, 4) is 5.82 Å². The molecule has 0 amide bonds. The quantitative estimate of drug-likeness (QED) is 0.427. The monoisotopic (exact) mass is 506 g/mol. The molecule has 0 aliphatic rings. The molecule has 24 heavy (non-hydrogen) atoms. The number of fused-ring (bicyclic) bond motifs is 1. The molecule has 7 heteroatoms. The van der Waals surface area contributed by atoms with E-state index >= 15 is 0 Å². The molecule has 1 radical (unpaired) electrons. The first-order chi connectivity index (χ1) is 11.0. The van der Waals surface area contributed by atoms with Gasteiger partial charge in [-0.05, 0) is 32.0 Å². The maximum absolute atomic E-state index is 12.8. The predicted octanol–water partition coefficient (Wildman–Crippen LogP) is 3.59. The van der Waals surface area contributed by atoms with E-state index in [0.29, 0.717) is 5.82 Å². The Kier molecular flexibility index (Phi) is 7.42. The standard InChI is InChI=1S/C12H8FN3.C5H8O2.Ir/c13-10-5-6-12(14-8-10)16-11-4-2-1-3-9(11)7-15-16;1-4(6)3-5(2)7;/h1-8H;3,6H,1-2H3;/b;4-3-;. The molecular weight excluding hydrogens is 489 g/mol. The van der Waals surface area contributed by atoms with E-state index in [1.54, 1.807) is 16.9 Å². The maximum Gasteiger partial charge on any atom is 0.155 e. The molecule has 0 saturated heterocycles. The number of rotatable bonds is 2. The zero-order valence-corrected chi connectivity index (χ0v) is 15.5. The van der Waals surface area contributed by atoms with Gasteiger partial charge in [0.05, 0.1) is 23.7 Å². The Bertz CT molecular complexity index is 840. The molecule has 5 nitrogen and oxygen atoms in total. The van der Waals surface area contributed by atoms with Gasteiger partial charge in [-0.3, -0.25) is 4.79 Å². The van der Waals surface area contributed by atoms with Gasteiger partial charge in [-0.25, -0.2) is 14.1 Å². The molecule has 0 aliphatic heterocycles. The fourth-order valence-electron chi connectivity index (χ4n) is 1.94. The molecule has 1 aromatic carbocycles. The van der Waals surface area contributed by atoms with Crippen molar-refractivity contribution in [3.05, 3.63) is 66.4 Å². The van der Waals surface area contributed by atoms with Crippen molar-refractivity contribution in [1.29, 1.82) is 0 Å². The van der Waals surface area contributed by atoms with Crippen LogP contribution in [-0.4, -0.2) is 25.7 Å². The molecule has 3 aromatic rings. The summed E-state index contributed by atoms with van der Waals surface area (Å²) in [6, 6.07) is 10.8. The summed E-state index contributed by atoms with van der Waals surface area (Å²) in [5.74, 6) is 0.204. The topological polar surface area (TPSA) is 68.0 Å². The van der Waals surface area contributed by atoms with E-state index in [4.69, 9.17) is 5.11 Å². The first-order valence-corrected chi connectivity index (χ1v) is 6.90. The largest absolute Gasteiger partial charge is 0.512 e. The molecular formula is C17H16FIrN3O2. The number of aliphatic hydroxyl groups is 1. The van der Waals surface area contributed by atoms with Crippen LogP contribution in [0.3, 0.4) is 0 Å². The van der Waals surface area contributed by atoms with Crippen molar-refractivity contribution in [2.45, 2.75) is 13.8 Å². The Hall–Kier alpha value is -2.37. The fraction of sp³-hybridized carbons (Fsp3) is 0.118. The number of hydrogen-bond donors (Lipinski definition) is 1. The Morgan fingerprint density at radius 2 is 1.88 bits per heavy atom. The third kappa shape index (κ3) is 5.37. The molecule has 0 spiro atoms. The zero-order chi connectivity index (χ0) is 16.8. The second kappa shape index (κ2) is 9.05. The number of ketones is 1. The van der Waals surface area contributed by atoms with Crippen LogP contribution in [-0.2, 0) is 24.9 Å². The van der Waals surface area contributed by atoms with E-state index in [-0.39, 0.29) is 37.5 Å². The van der Waals surface area contributed by atoms with Gasteiger partial charge in [-0.2, -0.15) is 5.10 Å². The number of halogens is 1. The van der Waals surface area contributed by atoms with E-state index in [0.717, 1.165) is 10.9 Å². The van der Waals surface area contributed by atoms with E-state index in [1.165, 1.54) is 32.2 Å². The van der Waals surface area contributed by atoms with Crippen LogP contribution in [0.25, 0.3) is 16.7 Å². The van der Waals surface area contributed by atoms with Gasteiger partial charge in [-0.1, -0.05) is 18.2 Å². The van der Waals surface area contributed by atoms with Crippen LogP contribution in [0, 0.1) is 5.82 Å². The summed E-state index contributed by atoms with van der Waals surface area (Å²) in [6.07, 6.45) is 4.12. The average molecular weight is 506 g/mol. The fourth-order valence-corrected chi connectivity index (χ4v) is 1.94. The minimum absolute atomic E-state index is 0. The third-order valence-electron chi connectivity index (χ3n) is 2.82. The minimum atomic E-state index is -0.347. The summed E-state index contributed by atoms with van der Waals surface area (Å²) in [6.45, 7) is 2.85. The van der Waals surface area contributed by atoms with Crippen molar-refractivity contribution in [3.63, 3.8) is 0 Å². The number of hydrogen-bond acceptors (Lipinski definition) is 4. The van der Waals surface area contributed by atoms with Crippen molar-refractivity contribution < 1.29 is 34.4 Å². The SMILES string of the molecule is CC(=O)/C=C(/C)O.Fc1ccc(-n2ncc3ccccc32)nc1.[Ir]. The molecule has 127 valence electrons. The summed E-state index contributed by atoms with van der Waals surface area (Å²) in [4.78, 5) is 14.0. The van der Waals surface area contributed by atoms with Crippen LogP contribution in [0.4, 0.5) is 4.39 Å². The zero-order valence-electron chi connectivity index (χ0n) is 13.1. The molecule has 0 atom stereocenters. The number of aromatic nitrogens is 3. The normalized spacial score (nSPS) is 10.5. The number of para-hydroxylation sites is 1. The van der Waals surface area contributed by atoms with Crippen LogP contribution in [0.1, 0.15) is 13.8 Å². The molecule has 2 heterocycles. The average Bonchev–Trinajstić information content (AvgIpc) is 2.91. The van der Waals surface area contributed by atoms with Crippen molar-refractivity contribution in [2.24, 2.45) is 0 Å². The van der Waals surface area contributed by atoms with E-state index in [1.807, 2.05) is 24.3 Å². The number of benzene rings is 1. The molecule has 0 bridgehead atoms. The Balaban J connectivity index is 0.000000312. The molecule has 0 aliphatic carbocycles. The first kappa shape index (κ1) is 19.7. The second-order valence-corrected chi connectivity index (χ2v) is 4.85. The van der Waals surface area contributed by atoms with E-state index in [2.05, 4.69) is 10.1 Å². The molecule has 0 fully saturated rings. The summed E-state index contributed by atoms with van der Waals surface area (Å²) < 4.78 is 14.4. The third-order valence-corrected chi connectivity index (χ3v) is 2.82. The van der Waals surface area contributed by atoms with Gasteiger partial charge in [-0.15, -0.1) is 0 Å². The van der Waals surface area contributed by atoms with Crippen molar-refractivity contribution in [1.82, 2.24) is 14.8 Å². The van der Waals surface area contributed by atoms with Gasteiger partial charge in [0.15, 0.2) is 11.6 Å². The molecule has 1 N–H and O–H groups in total. The molecule has 2 aromatic heterocycles.